The van der Waals surface area contributed by atoms with Crippen molar-refractivity contribution in [2.24, 2.45) is 11.8 Å². The normalized spacial score (nSPS) is 27.6. The Labute approximate surface area is 112 Å². The second kappa shape index (κ2) is 7.78. The number of nitrogens with one attached hydrogen (secondary N) is 1. The van der Waals surface area contributed by atoms with Gasteiger partial charge in [0, 0.05) is 6.04 Å². The molecule has 1 fully saturated rings. The minimum atomic E-state index is -0.138. The van der Waals surface area contributed by atoms with Crippen molar-refractivity contribution in [3.05, 3.63) is 0 Å². The standard InChI is InChI=1S/C15H29NO2/c1-5-11(3)14(15(17)18-4)16-13-9-7-8-12(6-2)10-13/h11-14,16H,5-10H2,1-4H3. The van der Waals surface area contributed by atoms with Crippen LogP contribution < -0.4 is 5.32 Å². The van der Waals surface area contributed by atoms with E-state index in [2.05, 4.69) is 26.1 Å². The number of hydrogen-bond donors (Lipinski definition) is 1. The second-order valence-electron chi connectivity index (χ2n) is 5.69. The summed E-state index contributed by atoms with van der Waals surface area (Å²) in [6, 6.07) is 0.349. The highest BCUT2D eigenvalue weighted by atomic mass is 16.5. The lowest BCUT2D eigenvalue weighted by atomic mass is 9.83. The Morgan fingerprint density at radius 2 is 2.11 bits per heavy atom. The third-order valence-corrected chi connectivity index (χ3v) is 4.44. The number of hydrogen-bond acceptors (Lipinski definition) is 3. The van der Waals surface area contributed by atoms with Crippen molar-refractivity contribution in [3.63, 3.8) is 0 Å². The van der Waals surface area contributed by atoms with E-state index in [1.54, 1.807) is 0 Å². The third-order valence-electron chi connectivity index (χ3n) is 4.44. The first-order valence-electron chi connectivity index (χ1n) is 7.46. The lowest BCUT2D eigenvalue weighted by Gasteiger charge is -2.33. The van der Waals surface area contributed by atoms with Crippen LogP contribution in [0.5, 0.6) is 0 Å². The molecule has 0 aromatic heterocycles. The van der Waals surface area contributed by atoms with E-state index in [4.69, 9.17) is 4.74 Å². The first kappa shape index (κ1) is 15.5. The average molecular weight is 255 g/mol. The summed E-state index contributed by atoms with van der Waals surface area (Å²) in [6.45, 7) is 6.51. The van der Waals surface area contributed by atoms with Gasteiger partial charge in [-0.2, -0.15) is 0 Å². The summed E-state index contributed by atoms with van der Waals surface area (Å²) in [6.07, 6.45) is 7.29. The van der Waals surface area contributed by atoms with Crippen molar-refractivity contribution in [3.8, 4) is 0 Å². The average Bonchev–Trinajstić information content (AvgIpc) is 2.43. The van der Waals surface area contributed by atoms with Crippen LogP contribution in [-0.4, -0.2) is 25.2 Å². The van der Waals surface area contributed by atoms with Gasteiger partial charge in [-0.1, -0.05) is 46.5 Å². The van der Waals surface area contributed by atoms with Gasteiger partial charge in [-0.15, -0.1) is 0 Å². The molecule has 0 aromatic rings. The number of carbonyl (C=O) groups is 1. The maximum atomic E-state index is 11.9. The van der Waals surface area contributed by atoms with Crippen molar-refractivity contribution in [2.75, 3.05) is 7.11 Å². The molecule has 3 heteroatoms. The molecule has 18 heavy (non-hydrogen) atoms. The zero-order chi connectivity index (χ0) is 13.5. The van der Waals surface area contributed by atoms with Crippen LogP contribution in [0.1, 0.15) is 59.3 Å². The van der Waals surface area contributed by atoms with Gasteiger partial charge in [0.2, 0.25) is 0 Å². The van der Waals surface area contributed by atoms with Crippen molar-refractivity contribution < 1.29 is 9.53 Å². The zero-order valence-electron chi connectivity index (χ0n) is 12.4. The first-order valence-corrected chi connectivity index (χ1v) is 7.46. The molecule has 106 valence electrons. The van der Waals surface area contributed by atoms with Gasteiger partial charge >= 0.3 is 5.97 Å². The summed E-state index contributed by atoms with van der Waals surface area (Å²) in [5.41, 5.74) is 0. The van der Waals surface area contributed by atoms with E-state index in [0.717, 1.165) is 12.3 Å². The van der Waals surface area contributed by atoms with E-state index in [9.17, 15) is 4.79 Å². The SMILES string of the molecule is CCC1CCCC(NC(C(=O)OC)C(C)CC)C1. The van der Waals surface area contributed by atoms with Crippen molar-refractivity contribution in [2.45, 2.75) is 71.4 Å². The van der Waals surface area contributed by atoms with E-state index < -0.39 is 0 Å². The number of ether oxygens (including phenoxy) is 1. The molecule has 0 aliphatic heterocycles. The molecule has 0 bridgehead atoms. The zero-order valence-corrected chi connectivity index (χ0v) is 12.4. The Hall–Kier alpha value is -0.570. The molecule has 4 atom stereocenters. The van der Waals surface area contributed by atoms with Crippen LogP contribution in [0.2, 0.25) is 0 Å². The highest BCUT2D eigenvalue weighted by molar-refractivity contribution is 5.76. The molecule has 1 aliphatic carbocycles. The molecule has 0 saturated heterocycles. The molecule has 4 unspecified atom stereocenters. The van der Waals surface area contributed by atoms with E-state index >= 15 is 0 Å². The van der Waals surface area contributed by atoms with Gasteiger partial charge in [0.15, 0.2) is 0 Å². The smallest absolute Gasteiger partial charge is 0.323 e. The van der Waals surface area contributed by atoms with Crippen LogP contribution in [0.15, 0.2) is 0 Å². The number of methoxy groups -OCH3 is 1. The molecule has 0 aromatic carbocycles. The van der Waals surface area contributed by atoms with Crippen LogP contribution in [-0.2, 0) is 9.53 Å². The van der Waals surface area contributed by atoms with Gasteiger partial charge in [0.1, 0.15) is 6.04 Å². The second-order valence-corrected chi connectivity index (χ2v) is 5.69. The molecule has 1 rings (SSSR count). The first-order chi connectivity index (χ1) is 8.62. The summed E-state index contributed by atoms with van der Waals surface area (Å²) >= 11 is 0. The lowest BCUT2D eigenvalue weighted by Crippen LogP contribution is -2.49. The number of rotatable bonds is 6. The number of esters is 1. The van der Waals surface area contributed by atoms with E-state index in [-0.39, 0.29) is 12.0 Å². The van der Waals surface area contributed by atoms with E-state index in [1.807, 2.05) is 0 Å². The van der Waals surface area contributed by atoms with Crippen LogP contribution in [0.4, 0.5) is 0 Å². The third kappa shape index (κ3) is 4.27. The fourth-order valence-electron chi connectivity index (χ4n) is 2.89. The largest absolute Gasteiger partial charge is 0.468 e. The molecule has 3 nitrogen and oxygen atoms in total. The Bertz CT molecular complexity index is 255. The predicted octanol–water partition coefficient (Wildman–Crippen LogP) is 3.13. The highest BCUT2D eigenvalue weighted by Gasteiger charge is 2.29. The Morgan fingerprint density at radius 3 is 2.67 bits per heavy atom. The maximum absolute atomic E-state index is 11.9. The van der Waals surface area contributed by atoms with E-state index in [0.29, 0.717) is 12.0 Å². The summed E-state index contributed by atoms with van der Waals surface area (Å²) in [7, 11) is 1.48. The predicted molar refractivity (Wildman–Crippen MR) is 74.4 cm³/mol. The van der Waals surface area contributed by atoms with Gasteiger partial charge < -0.3 is 10.1 Å². The van der Waals surface area contributed by atoms with Crippen molar-refractivity contribution in [1.82, 2.24) is 5.32 Å². The fourth-order valence-corrected chi connectivity index (χ4v) is 2.89. The molecule has 1 saturated carbocycles. The Balaban J connectivity index is 2.56. The van der Waals surface area contributed by atoms with Gasteiger partial charge in [-0.3, -0.25) is 4.79 Å². The summed E-state index contributed by atoms with van der Waals surface area (Å²) in [4.78, 5) is 11.9. The summed E-state index contributed by atoms with van der Waals surface area (Å²) < 4.78 is 4.93. The fraction of sp³-hybridized carbons (Fsp3) is 0.933. The summed E-state index contributed by atoms with van der Waals surface area (Å²) in [5.74, 6) is 1.05. The Kier molecular flexibility index (Phi) is 6.69. The molecule has 0 spiro atoms. The highest BCUT2D eigenvalue weighted by Crippen LogP contribution is 2.27. The van der Waals surface area contributed by atoms with Gasteiger partial charge in [0.05, 0.1) is 7.11 Å². The lowest BCUT2D eigenvalue weighted by molar-refractivity contribution is -0.145. The minimum Gasteiger partial charge on any atom is -0.468 e. The molecule has 0 amide bonds. The molecular weight excluding hydrogens is 226 g/mol. The van der Waals surface area contributed by atoms with Gasteiger partial charge in [-0.25, -0.2) is 0 Å². The molecule has 1 aliphatic rings. The van der Waals surface area contributed by atoms with Gasteiger partial charge in [0.25, 0.3) is 0 Å². The summed E-state index contributed by atoms with van der Waals surface area (Å²) in [5, 5.41) is 3.55. The van der Waals surface area contributed by atoms with Gasteiger partial charge in [-0.05, 0) is 24.7 Å². The van der Waals surface area contributed by atoms with E-state index in [1.165, 1.54) is 39.2 Å². The monoisotopic (exact) mass is 255 g/mol. The molecular formula is C15H29NO2. The quantitative estimate of drug-likeness (QED) is 0.741. The van der Waals surface area contributed by atoms with Crippen LogP contribution in [0.3, 0.4) is 0 Å². The van der Waals surface area contributed by atoms with Crippen LogP contribution in [0, 0.1) is 11.8 Å². The van der Waals surface area contributed by atoms with Crippen molar-refractivity contribution in [1.29, 1.82) is 0 Å². The molecule has 1 N–H and O–H groups in total. The number of carbonyl (C=O) groups excluding carboxylic acids is 1. The topological polar surface area (TPSA) is 38.3 Å². The maximum Gasteiger partial charge on any atom is 0.323 e. The van der Waals surface area contributed by atoms with Crippen LogP contribution >= 0.6 is 0 Å². The Morgan fingerprint density at radius 1 is 1.39 bits per heavy atom. The molecule has 0 radical (unpaired) electrons. The van der Waals surface area contributed by atoms with Crippen molar-refractivity contribution >= 4 is 5.97 Å². The molecule has 0 heterocycles. The van der Waals surface area contributed by atoms with Crippen LogP contribution in [0.25, 0.3) is 0 Å². The minimum absolute atomic E-state index is 0.108.